The van der Waals surface area contributed by atoms with Gasteiger partial charge in [-0.3, -0.25) is 0 Å². The number of rotatable bonds is 3. The summed E-state index contributed by atoms with van der Waals surface area (Å²) in [7, 11) is 0. The zero-order chi connectivity index (χ0) is 14.1. The third-order valence-electron chi connectivity index (χ3n) is 3.10. The standard InChI is InChI=1S/C15H11F3N2/c16-12-6-11(7-13(17)15(12)18)20-8-9-1-2-10-3-4-19-14(10)5-9/h1-7,19-20H,8H2. The van der Waals surface area contributed by atoms with E-state index in [1.807, 2.05) is 30.5 Å². The van der Waals surface area contributed by atoms with Crippen molar-refractivity contribution in [3.05, 3.63) is 65.6 Å². The van der Waals surface area contributed by atoms with Crippen molar-refractivity contribution in [1.82, 2.24) is 4.98 Å². The molecule has 0 spiro atoms. The van der Waals surface area contributed by atoms with Crippen LogP contribution in [-0.4, -0.2) is 4.98 Å². The number of aromatic amines is 1. The average molecular weight is 276 g/mol. The quantitative estimate of drug-likeness (QED) is 0.689. The maximum atomic E-state index is 13.1. The fourth-order valence-electron chi connectivity index (χ4n) is 2.07. The minimum Gasteiger partial charge on any atom is -0.381 e. The Morgan fingerprint density at radius 2 is 1.70 bits per heavy atom. The third kappa shape index (κ3) is 2.34. The summed E-state index contributed by atoms with van der Waals surface area (Å²) in [5, 5.41) is 3.96. The van der Waals surface area contributed by atoms with Crippen molar-refractivity contribution in [2.45, 2.75) is 6.54 Å². The van der Waals surface area contributed by atoms with Gasteiger partial charge in [-0.25, -0.2) is 13.2 Å². The first-order valence-electron chi connectivity index (χ1n) is 6.08. The second-order valence-corrected chi connectivity index (χ2v) is 4.51. The smallest absolute Gasteiger partial charge is 0.194 e. The van der Waals surface area contributed by atoms with Crippen molar-refractivity contribution in [3.63, 3.8) is 0 Å². The van der Waals surface area contributed by atoms with Gasteiger partial charge in [0.15, 0.2) is 17.5 Å². The van der Waals surface area contributed by atoms with E-state index in [0.717, 1.165) is 28.6 Å². The Bertz CT molecular complexity index is 742. The van der Waals surface area contributed by atoms with Crippen LogP contribution in [0.1, 0.15) is 5.56 Å². The van der Waals surface area contributed by atoms with Crippen molar-refractivity contribution in [3.8, 4) is 0 Å². The van der Waals surface area contributed by atoms with Gasteiger partial charge in [0, 0.05) is 36.1 Å². The highest BCUT2D eigenvalue weighted by atomic mass is 19.2. The number of aromatic nitrogens is 1. The largest absolute Gasteiger partial charge is 0.381 e. The van der Waals surface area contributed by atoms with Crippen LogP contribution in [0.3, 0.4) is 0 Å². The van der Waals surface area contributed by atoms with E-state index in [-0.39, 0.29) is 5.69 Å². The Balaban J connectivity index is 1.78. The first kappa shape index (κ1) is 12.6. The third-order valence-corrected chi connectivity index (χ3v) is 3.10. The van der Waals surface area contributed by atoms with Gasteiger partial charge in [-0.15, -0.1) is 0 Å². The van der Waals surface area contributed by atoms with Crippen molar-refractivity contribution in [2.75, 3.05) is 5.32 Å². The molecule has 0 aliphatic heterocycles. The molecule has 1 aromatic heterocycles. The lowest BCUT2D eigenvalue weighted by Crippen LogP contribution is -2.01. The lowest BCUT2D eigenvalue weighted by molar-refractivity contribution is 0.447. The predicted octanol–water partition coefficient (Wildman–Crippen LogP) is 4.20. The van der Waals surface area contributed by atoms with Gasteiger partial charge in [0.2, 0.25) is 0 Å². The molecule has 2 aromatic carbocycles. The van der Waals surface area contributed by atoms with Crippen molar-refractivity contribution in [1.29, 1.82) is 0 Å². The minimum absolute atomic E-state index is 0.202. The molecule has 5 heteroatoms. The van der Waals surface area contributed by atoms with Crippen molar-refractivity contribution in [2.24, 2.45) is 0 Å². The summed E-state index contributed by atoms with van der Waals surface area (Å²) in [4.78, 5) is 3.09. The predicted molar refractivity (Wildman–Crippen MR) is 71.9 cm³/mol. The van der Waals surface area contributed by atoms with Gasteiger partial charge in [0.1, 0.15) is 0 Å². The second-order valence-electron chi connectivity index (χ2n) is 4.51. The average Bonchev–Trinajstić information content (AvgIpc) is 2.89. The molecular formula is C15H11F3N2. The summed E-state index contributed by atoms with van der Waals surface area (Å²) in [5.74, 6) is -3.86. The summed E-state index contributed by atoms with van der Waals surface area (Å²) in [5.41, 5.74) is 2.14. The number of anilines is 1. The van der Waals surface area contributed by atoms with Gasteiger partial charge in [0.25, 0.3) is 0 Å². The first-order valence-corrected chi connectivity index (χ1v) is 6.08. The number of hydrogen-bond donors (Lipinski definition) is 2. The molecule has 3 aromatic rings. The Hall–Kier alpha value is -2.43. The first-order chi connectivity index (χ1) is 9.63. The molecule has 0 saturated carbocycles. The number of benzene rings is 2. The summed E-state index contributed by atoms with van der Waals surface area (Å²) in [6.45, 7) is 0.388. The lowest BCUT2D eigenvalue weighted by Gasteiger charge is -2.08. The fourth-order valence-corrected chi connectivity index (χ4v) is 2.07. The normalized spacial score (nSPS) is 10.9. The molecule has 0 atom stereocenters. The molecule has 2 N–H and O–H groups in total. The van der Waals surface area contributed by atoms with Gasteiger partial charge in [-0.05, 0) is 23.1 Å². The molecule has 0 radical (unpaired) electrons. The molecule has 0 amide bonds. The summed E-state index contributed by atoms with van der Waals surface area (Å²) in [6.07, 6.45) is 1.84. The Morgan fingerprint density at radius 3 is 2.45 bits per heavy atom. The van der Waals surface area contributed by atoms with Gasteiger partial charge in [-0.2, -0.15) is 0 Å². The van der Waals surface area contributed by atoms with Gasteiger partial charge in [-0.1, -0.05) is 12.1 Å². The van der Waals surface area contributed by atoms with E-state index < -0.39 is 17.5 Å². The van der Waals surface area contributed by atoms with E-state index in [9.17, 15) is 13.2 Å². The molecule has 102 valence electrons. The van der Waals surface area contributed by atoms with E-state index in [0.29, 0.717) is 6.54 Å². The monoisotopic (exact) mass is 276 g/mol. The van der Waals surface area contributed by atoms with Crippen molar-refractivity contribution < 1.29 is 13.2 Å². The number of H-pyrrole nitrogens is 1. The molecular weight excluding hydrogens is 265 g/mol. The highest BCUT2D eigenvalue weighted by Crippen LogP contribution is 2.19. The van der Waals surface area contributed by atoms with E-state index in [1.165, 1.54) is 0 Å². The van der Waals surface area contributed by atoms with Crippen LogP contribution >= 0.6 is 0 Å². The van der Waals surface area contributed by atoms with Crippen LogP contribution in [0.2, 0.25) is 0 Å². The van der Waals surface area contributed by atoms with Gasteiger partial charge >= 0.3 is 0 Å². The van der Waals surface area contributed by atoms with Crippen LogP contribution in [0.4, 0.5) is 18.9 Å². The zero-order valence-electron chi connectivity index (χ0n) is 10.4. The maximum Gasteiger partial charge on any atom is 0.194 e. The SMILES string of the molecule is Fc1cc(NCc2ccc3cc[nH]c3c2)cc(F)c1F. The molecule has 2 nitrogen and oxygen atoms in total. The van der Waals surface area contributed by atoms with Crippen LogP contribution in [0, 0.1) is 17.5 Å². The highest BCUT2D eigenvalue weighted by molar-refractivity contribution is 5.79. The fraction of sp³-hybridized carbons (Fsp3) is 0.0667. The molecule has 0 saturated heterocycles. The molecule has 0 aliphatic rings. The summed E-state index contributed by atoms with van der Waals surface area (Å²) in [6, 6.07) is 9.64. The molecule has 3 rings (SSSR count). The maximum absolute atomic E-state index is 13.1. The van der Waals surface area contributed by atoms with Crippen LogP contribution < -0.4 is 5.32 Å². The number of halogens is 3. The van der Waals surface area contributed by atoms with E-state index in [1.54, 1.807) is 0 Å². The number of fused-ring (bicyclic) bond motifs is 1. The molecule has 0 unspecified atom stereocenters. The van der Waals surface area contributed by atoms with Crippen LogP contribution in [0.5, 0.6) is 0 Å². The molecule has 20 heavy (non-hydrogen) atoms. The second kappa shape index (κ2) is 4.92. The highest BCUT2D eigenvalue weighted by Gasteiger charge is 2.10. The minimum atomic E-state index is -1.46. The van der Waals surface area contributed by atoms with Crippen LogP contribution in [-0.2, 0) is 6.54 Å². The topological polar surface area (TPSA) is 27.8 Å². The molecule has 0 bridgehead atoms. The van der Waals surface area contributed by atoms with E-state index in [2.05, 4.69) is 10.3 Å². The summed E-state index contributed by atoms with van der Waals surface area (Å²) >= 11 is 0. The molecule has 0 fully saturated rings. The zero-order valence-corrected chi connectivity index (χ0v) is 10.4. The summed E-state index contributed by atoms with van der Waals surface area (Å²) < 4.78 is 39.0. The Kier molecular flexibility index (Phi) is 3.10. The van der Waals surface area contributed by atoms with Gasteiger partial charge < -0.3 is 10.3 Å². The molecule has 0 aliphatic carbocycles. The Morgan fingerprint density at radius 1 is 0.950 bits per heavy atom. The van der Waals surface area contributed by atoms with E-state index >= 15 is 0 Å². The van der Waals surface area contributed by atoms with Crippen LogP contribution in [0.15, 0.2) is 42.6 Å². The van der Waals surface area contributed by atoms with Crippen LogP contribution in [0.25, 0.3) is 10.9 Å². The Labute approximate surface area is 113 Å². The molecule has 1 heterocycles. The van der Waals surface area contributed by atoms with E-state index in [4.69, 9.17) is 0 Å². The lowest BCUT2D eigenvalue weighted by atomic mass is 10.1. The number of hydrogen-bond acceptors (Lipinski definition) is 1. The van der Waals surface area contributed by atoms with Crippen molar-refractivity contribution >= 4 is 16.6 Å². The van der Waals surface area contributed by atoms with Gasteiger partial charge in [0.05, 0.1) is 0 Å². The number of nitrogens with one attached hydrogen (secondary N) is 2.